The number of anilines is 1. The molecular formula is C15H18N4. The number of piperidine rings is 1. The first-order valence-corrected chi connectivity index (χ1v) is 6.71. The lowest BCUT2D eigenvalue weighted by Gasteiger charge is -2.31. The van der Waals surface area contributed by atoms with Crippen LogP contribution in [0.2, 0.25) is 0 Å². The second-order valence-electron chi connectivity index (χ2n) is 4.96. The van der Waals surface area contributed by atoms with Gasteiger partial charge in [0.2, 0.25) is 0 Å². The molecule has 0 bridgehead atoms. The molecule has 1 fully saturated rings. The Morgan fingerprint density at radius 2 is 1.63 bits per heavy atom. The van der Waals surface area contributed by atoms with Crippen LogP contribution in [0.15, 0.2) is 42.7 Å². The number of aromatic nitrogens is 2. The minimum absolute atomic E-state index is 0.348. The van der Waals surface area contributed by atoms with Gasteiger partial charge in [-0.3, -0.25) is 0 Å². The third-order valence-electron chi connectivity index (χ3n) is 3.57. The summed E-state index contributed by atoms with van der Waals surface area (Å²) < 4.78 is 0. The van der Waals surface area contributed by atoms with E-state index in [1.807, 2.05) is 42.7 Å². The lowest BCUT2D eigenvalue weighted by Crippen LogP contribution is -2.39. The van der Waals surface area contributed by atoms with Crippen molar-refractivity contribution in [2.24, 2.45) is 5.73 Å². The third-order valence-corrected chi connectivity index (χ3v) is 3.57. The average Bonchev–Trinajstić information content (AvgIpc) is 2.49. The summed E-state index contributed by atoms with van der Waals surface area (Å²) in [6, 6.07) is 10.4. The van der Waals surface area contributed by atoms with E-state index in [4.69, 9.17) is 5.73 Å². The van der Waals surface area contributed by atoms with Crippen molar-refractivity contribution in [1.29, 1.82) is 0 Å². The highest BCUT2D eigenvalue weighted by molar-refractivity contribution is 5.56. The number of nitrogens with two attached hydrogens (primary N) is 1. The van der Waals surface area contributed by atoms with Gasteiger partial charge in [-0.15, -0.1) is 0 Å². The summed E-state index contributed by atoms with van der Waals surface area (Å²) in [6.45, 7) is 1.99. The van der Waals surface area contributed by atoms with Gasteiger partial charge < -0.3 is 10.6 Å². The zero-order valence-electron chi connectivity index (χ0n) is 10.9. The molecule has 4 nitrogen and oxygen atoms in total. The van der Waals surface area contributed by atoms with Crippen LogP contribution in [0.3, 0.4) is 0 Å². The van der Waals surface area contributed by atoms with Crippen LogP contribution in [0.5, 0.6) is 0 Å². The third kappa shape index (κ3) is 2.74. The van der Waals surface area contributed by atoms with Gasteiger partial charge in [0.05, 0.1) is 18.1 Å². The molecule has 0 radical (unpaired) electrons. The van der Waals surface area contributed by atoms with Crippen LogP contribution in [0, 0.1) is 0 Å². The maximum Gasteiger partial charge on any atom is 0.159 e. The molecule has 4 heteroatoms. The summed E-state index contributed by atoms with van der Waals surface area (Å²) >= 11 is 0. The van der Waals surface area contributed by atoms with Crippen molar-refractivity contribution in [3.63, 3.8) is 0 Å². The second kappa shape index (κ2) is 5.36. The Morgan fingerprint density at radius 3 is 2.26 bits per heavy atom. The molecule has 1 aromatic carbocycles. The van der Waals surface area contributed by atoms with Crippen molar-refractivity contribution < 1.29 is 0 Å². The molecule has 0 atom stereocenters. The van der Waals surface area contributed by atoms with Crippen LogP contribution in [0.25, 0.3) is 11.4 Å². The van der Waals surface area contributed by atoms with Crippen molar-refractivity contribution >= 4 is 5.69 Å². The molecular weight excluding hydrogens is 236 g/mol. The van der Waals surface area contributed by atoms with Crippen molar-refractivity contribution in [3.8, 4) is 11.4 Å². The summed E-state index contributed by atoms with van der Waals surface area (Å²) in [5.41, 5.74) is 8.06. The smallest absolute Gasteiger partial charge is 0.159 e. The van der Waals surface area contributed by atoms with E-state index in [-0.39, 0.29) is 0 Å². The van der Waals surface area contributed by atoms with Gasteiger partial charge in [-0.25, -0.2) is 9.97 Å². The Bertz CT molecular complexity index is 516. The van der Waals surface area contributed by atoms with Gasteiger partial charge >= 0.3 is 0 Å². The van der Waals surface area contributed by atoms with E-state index in [0.29, 0.717) is 6.04 Å². The lowest BCUT2D eigenvalue weighted by molar-refractivity contribution is 0.500. The number of hydrogen-bond acceptors (Lipinski definition) is 4. The Hall–Kier alpha value is -1.94. The second-order valence-corrected chi connectivity index (χ2v) is 4.96. The fraction of sp³-hybridized carbons (Fsp3) is 0.333. The molecule has 0 saturated carbocycles. The Kier molecular flexibility index (Phi) is 3.42. The lowest BCUT2D eigenvalue weighted by atomic mass is 10.1. The molecule has 1 aliphatic heterocycles. The fourth-order valence-electron chi connectivity index (χ4n) is 2.38. The van der Waals surface area contributed by atoms with E-state index in [1.54, 1.807) is 0 Å². The number of nitrogens with zero attached hydrogens (tertiary/aromatic N) is 3. The predicted octanol–water partition coefficient (Wildman–Crippen LogP) is 2.07. The first-order chi connectivity index (χ1) is 9.33. The molecule has 0 unspecified atom stereocenters. The molecule has 98 valence electrons. The van der Waals surface area contributed by atoms with Crippen molar-refractivity contribution in [2.75, 3.05) is 18.0 Å². The van der Waals surface area contributed by atoms with E-state index in [2.05, 4.69) is 14.9 Å². The maximum atomic E-state index is 5.92. The molecule has 0 amide bonds. The Labute approximate surface area is 113 Å². The largest absolute Gasteiger partial charge is 0.369 e. The molecule has 1 aliphatic rings. The summed E-state index contributed by atoms with van der Waals surface area (Å²) in [6.07, 6.45) is 5.90. The summed E-state index contributed by atoms with van der Waals surface area (Å²) in [7, 11) is 0. The molecule has 0 spiro atoms. The van der Waals surface area contributed by atoms with Gasteiger partial charge in [0.25, 0.3) is 0 Å². The Balaban J connectivity index is 1.76. The molecule has 2 heterocycles. The van der Waals surface area contributed by atoms with Crippen LogP contribution < -0.4 is 10.6 Å². The minimum atomic E-state index is 0.348. The van der Waals surface area contributed by atoms with Gasteiger partial charge in [0.1, 0.15) is 0 Å². The van der Waals surface area contributed by atoms with Gasteiger partial charge in [0.15, 0.2) is 5.82 Å². The fourth-order valence-corrected chi connectivity index (χ4v) is 2.38. The first kappa shape index (κ1) is 12.1. The summed E-state index contributed by atoms with van der Waals surface area (Å²) in [5, 5.41) is 0. The van der Waals surface area contributed by atoms with E-state index in [1.165, 1.54) is 0 Å². The van der Waals surface area contributed by atoms with Crippen molar-refractivity contribution in [2.45, 2.75) is 18.9 Å². The van der Waals surface area contributed by atoms with E-state index in [0.717, 1.165) is 43.0 Å². The topological polar surface area (TPSA) is 55.0 Å². The standard InChI is InChI=1S/C15H18N4/c16-13-6-8-19(9-7-13)14-10-17-15(18-11-14)12-4-2-1-3-5-12/h1-5,10-11,13H,6-9,16H2. The van der Waals surface area contributed by atoms with Crippen LogP contribution in [-0.2, 0) is 0 Å². The van der Waals surface area contributed by atoms with E-state index in [9.17, 15) is 0 Å². The van der Waals surface area contributed by atoms with Crippen LogP contribution in [-0.4, -0.2) is 29.1 Å². The zero-order valence-corrected chi connectivity index (χ0v) is 10.9. The van der Waals surface area contributed by atoms with E-state index >= 15 is 0 Å². The highest BCUT2D eigenvalue weighted by atomic mass is 15.2. The molecule has 1 aromatic heterocycles. The maximum absolute atomic E-state index is 5.92. The number of hydrogen-bond donors (Lipinski definition) is 1. The quantitative estimate of drug-likeness (QED) is 0.891. The summed E-state index contributed by atoms with van der Waals surface area (Å²) in [4.78, 5) is 11.2. The van der Waals surface area contributed by atoms with Gasteiger partial charge in [-0.2, -0.15) is 0 Å². The molecule has 19 heavy (non-hydrogen) atoms. The van der Waals surface area contributed by atoms with Gasteiger partial charge in [0, 0.05) is 24.7 Å². The minimum Gasteiger partial charge on any atom is -0.369 e. The van der Waals surface area contributed by atoms with Crippen molar-refractivity contribution in [1.82, 2.24) is 9.97 Å². The molecule has 1 saturated heterocycles. The first-order valence-electron chi connectivity index (χ1n) is 6.71. The average molecular weight is 254 g/mol. The SMILES string of the molecule is NC1CCN(c2cnc(-c3ccccc3)nc2)CC1. The number of rotatable bonds is 2. The van der Waals surface area contributed by atoms with Crippen molar-refractivity contribution in [3.05, 3.63) is 42.7 Å². The molecule has 2 aromatic rings. The van der Waals surface area contributed by atoms with Crippen LogP contribution in [0.1, 0.15) is 12.8 Å². The molecule has 0 aliphatic carbocycles. The van der Waals surface area contributed by atoms with Gasteiger partial charge in [-0.05, 0) is 12.8 Å². The molecule has 2 N–H and O–H groups in total. The molecule has 3 rings (SSSR count). The normalized spacial score (nSPS) is 16.6. The number of benzene rings is 1. The van der Waals surface area contributed by atoms with Gasteiger partial charge in [-0.1, -0.05) is 30.3 Å². The highest BCUT2D eigenvalue weighted by Gasteiger charge is 2.16. The highest BCUT2D eigenvalue weighted by Crippen LogP contribution is 2.20. The Morgan fingerprint density at radius 1 is 1.00 bits per heavy atom. The van der Waals surface area contributed by atoms with Crippen LogP contribution >= 0.6 is 0 Å². The monoisotopic (exact) mass is 254 g/mol. The summed E-state index contributed by atoms with van der Waals surface area (Å²) in [5.74, 6) is 0.776. The van der Waals surface area contributed by atoms with Crippen LogP contribution in [0.4, 0.5) is 5.69 Å². The van der Waals surface area contributed by atoms with E-state index < -0.39 is 0 Å². The predicted molar refractivity (Wildman–Crippen MR) is 76.9 cm³/mol. The zero-order chi connectivity index (χ0) is 13.1.